The number of amides is 1. The zero-order valence-electron chi connectivity index (χ0n) is 23.2. The van der Waals surface area contributed by atoms with Crippen molar-refractivity contribution in [1.82, 2.24) is 15.2 Å². The second kappa shape index (κ2) is 12.7. The molecule has 2 aromatic carbocycles. The lowest BCUT2D eigenvalue weighted by molar-refractivity contribution is -0.147. The van der Waals surface area contributed by atoms with E-state index >= 15 is 4.39 Å². The molecule has 0 bridgehead atoms. The summed E-state index contributed by atoms with van der Waals surface area (Å²) >= 11 is 12.0. The number of methoxy groups -OCH3 is 1. The smallest absolute Gasteiger partial charge is 0.406 e. The second-order valence-electron chi connectivity index (χ2n) is 10.4. The number of aromatic nitrogens is 1. The predicted octanol–water partition coefficient (Wildman–Crippen LogP) is 5.68. The summed E-state index contributed by atoms with van der Waals surface area (Å²) in [5.41, 5.74) is -4.13. The van der Waals surface area contributed by atoms with Gasteiger partial charge in [-0.3, -0.25) is 14.4 Å². The maximum atomic E-state index is 16.1. The Morgan fingerprint density at radius 2 is 1.95 bits per heavy atom. The quantitative estimate of drug-likeness (QED) is 0.258. The highest BCUT2D eigenvalue weighted by Crippen LogP contribution is 2.47. The molecule has 1 aliphatic rings. The molecule has 4 rings (SSSR count). The number of carbonyl (C=O) groups excluding carboxylic acids is 1. The average molecular weight is 646 g/mol. The average Bonchev–Trinajstić information content (AvgIpc) is 2.94. The van der Waals surface area contributed by atoms with Crippen molar-refractivity contribution in [3.63, 3.8) is 0 Å². The Hall–Kier alpha value is -3.35. The third kappa shape index (κ3) is 6.32. The van der Waals surface area contributed by atoms with Gasteiger partial charge in [-0.25, -0.2) is 4.39 Å². The minimum Gasteiger partial charge on any atom is -0.494 e. The molecular weight excluding hydrogens is 617 g/mol. The van der Waals surface area contributed by atoms with E-state index in [0.717, 1.165) is 13.3 Å². The SMILES string of the molecule is CCC(C(=O)O)(c1c(F)cc2c(=O)c(C(=O)NCc3ccc(Cl)cc3Cl)cn(CC(F)(F)F)c2c1OC)C1CCCNC1. The molecule has 1 amide bonds. The number of aliphatic carboxylic acids is 1. The number of halogens is 6. The molecule has 14 heteroatoms. The Kier molecular flexibility index (Phi) is 9.63. The molecule has 3 N–H and O–H groups in total. The molecule has 0 aliphatic carbocycles. The van der Waals surface area contributed by atoms with E-state index < -0.39 is 75.0 Å². The summed E-state index contributed by atoms with van der Waals surface area (Å²) in [6, 6.07) is 5.17. The van der Waals surface area contributed by atoms with Crippen LogP contribution in [0, 0.1) is 11.7 Å². The Labute approximate surface area is 253 Å². The lowest BCUT2D eigenvalue weighted by Crippen LogP contribution is -2.49. The number of hydrogen-bond donors (Lipinski definition) is 3. The van der Waals surface area contributed by atoms with Gasteiger partial charge in [0.1, 0.15) is 23.3 Å². The van der Waals surface area contributed by atoms with Gasteiger partial charge in [-0.1, -0.05) is 36.2 Å². The van der Waals surface area contributed by atoms with Gasteiger partial charge < -0.3 is 25.0 Å². The van der Waals surface area contributed by atoms with E-state index in [1.165, 1.54) is 18.2 Å². The van der Waals surface area contributed by atoms with Gasteiger partial charge in [0.05, 0.1) is 18.0 Å². The van der Waals surface area contributed by atoms with E-state index in [1.807, 2.05) is 0 Å². The molecule has 0 spiro atoms. The highest BCUT2D eigenvalue weighted by molar-refractivity contribution is 6.35. The van der Waals surface area contributed by atoms with Crippen molar-refractivity contribution >= 4 is 46.0 Å². The fourth-order valence-electron chi connectivity index (χ4n) is 5.90. The number of rotatable bonds is 9. The molecular formula is C29H29Cl2F4N3O5. The molecule has 2 heterocycles. The van der Waals surface area contributed by atoms with Crippen molar-refractivity contribution in [2.24, 2.45) is 5.92 Å². The van der Waals surface area contributed by atoms with Crippen LogP contribution in [0.2, 0.25) is 10.0 Å². The van der Waals surface area contributed by atoms with Crippen molar-refractivity contribution in [3.05, 3.63) is 73.2 Å². The third-order valence-corrected chi connectivity index (χ3v) is 8.49. The van der Waals surface area contributed by atoms with Gasteiger partial charge in [0.25, 0.3) is 5.91 Å². The molecule has 0 saturated carbocycles. The number of piperidine rings is 1. The molecule has 0 radical (unpaired) electrons. The number of nitrogens with zero attached hydrogens (tertiary/aromatic N) is 1. The van der Waals surface area contributed by atoms with Crippen LogP contribution in [0.5, 0.6) is 5.75 Å². The zero-order chi connectivity index (χ0) is 31.7. The van der Waals surface area contributed by atoms with Gasteiger partial charge in [0, 0.05) is 28.4 Å². The summed E-state index contributed by atoms with van der Waals surface area (Å²) in [6.07, 6.45) is -3.20. The number of hydrogen-bond acceptors (Lipinski definition) is 5. The van der Waals surface area contributed by atoms with Crippen LogP contribution in [0.4, 0.5) is 17.6 Å². The third-order valence-electron chi connectivity index (χ3n) is 7.90. The maximum absolute atomic E-state index is 16.1. The minimum atomic E-state index is -4.84. The van der Waals surface area contributed by atoms with Crippen molar-refractivity contribution in [1.29, 1.82) is 0 Å². The van der Waals surface area contributed by atoms with E-state index in [-0.39, 0.29) is 24.5 Å². The van der Waals surface area contributed by atoms with Crippen LogP contribution in [0.1, 0.15) is 47.7 Å². The summed E-state index contributed by atoms with van der Waals surface area (Å²) < 4.78 is 63.7. The number of nitrogens with one attached hydrogen (secondary N) is 2. The molecule has 1 aliphatic heterocycles. The maximum Gasteiger partial charge on any atom is 0.406 e. The first-order chi connectivity index (χ1) is 20.2. The molecule has 8 nitrogen and oxygen atoms in total. The van der Waals surface area contributed by atoms with Gasteiger partial charge in [-0.2, -0.15) is 13.2 Å². The molecule has 2 unspecified atom stereocenters. The molecule has 1 saturated heterocycles. The number of carboxylic acid groups (broad SMARTS) is 1. The summed E-state index contributed by atoms with van der Waals surface area (Å²) in [7, 11) is 1.07. The predicted molar refractivity (Wildman–Crippen MR) is 154 cm³/mol. The normalized spacial score (nSPS) is 17.0. The highest BCUT2D eigenvalue weighted by atomic mass is 35.5. The van der Waals surface area contributed by atoms with Crippen LogP contribution in [0.25, 0.3) is 10.9 Å². The summed E-state index contributed by atoms with van der Waals surface area (Å²) in [5.74, 6) is -4.68. The van der Waals surface area contributed by atoms with E-state index in [0.29, 0.717) is 40.6 Å². The number of carboxylic acids is 1. The fourth-order valence-corrected chi connectivity index (χ4v) is 6.38. The first-order valence-corrected chi connectivity index (χ1v) is 14.2. The number of fused-ring (bicyclic) bond motifs is 1. The van der Waals surface area contributed by atoms with Crippen LogP contribution in [-0.4, -0.2) is 47.9 Å². The lowest BCUT2D eigenvalue weighted by atomic mass is 9.65. The molecule has 3 aromatic rings. The van der Waals surface area contributed by atoms with Crippen molar-refractivity contribution in [2.45, 2.75) is 50.9 Å². The minimum absolute atomic E-state index is 0.106. The summed E-state index contributed by atoms with van der Waals surface area (Å²) in [6.45, 7) is 0.552. The van der Waals surface area contributed by atoms with Crippen molar-refractivity contribution in [3.8, 4) is 5.75 Å². The van der Waals surface area contributed by atoms with E-state index in [1.54, 1.807) is 6.92 Å². The summed E-state index contributed by atoms with van der Waals surface area (Å²) in [4.78, 5) is 39.5. The van der Waals surface area contributed by atoms with Crippen molar-refractivity contribution in [2.75, 3.05) is 20.2 Å². The Bertz CT molecular complexity index is 1620. The molecule has 43 heavy (non-hydrogen) atoms. The van der Waals surface area contributed by atoms with Gasteiger partial charge in [0.15, 0.2) is 5.75 Å². The van der Waals surface area contributed by atoms with Crippen molar-refractivity contribution < 1.29 is 37.0 Å². The van der Waals surface area contributed by atoms with E-state index in [9.17, 15) is 32.7 Å². The standard InChI is InChI=1S/C29H29Cl2F4N3O5/c1-3-28(27(41)42,16-5-4-8-36-12-16)22-21(32)10-18-23(25(22)43-2)38(14-29(33,34)35)13-19(24(18)39)26(40)37-11-15-6-7-17(30)9-20(15)31/h6-7,9-10,13,16,36H,3-5,8,11-12,14H2,1-2H3,(H,37,40)(H,41,42). The number of carbonyl (C=O) groups is 2. The fraction of sp³-hybridized carbons (Fsp3) is 0.414. The zero-order valence-corrected chi connectivity index (χ0v) is 24.7. The first kappa shape index (κ1) is 32.6. The number of benzene rings is 2. The molecule has 1 aromatic heterocycles. The van der Waals surface area contributed by atoms with Crippen LogP contribution in [0.15, 0.2) is 35.3 Å². The number of alkyl halides is 3. The topological polar surface area (TPSA) is 110 Å². The van der Waals surface area contributed by atoms with Gasteiger partial charge in [-0.15, -0.1) is 0 Å². The van der Waals surface area contributed by atoms with Gasteiger partial charge in [-0.05, 0) is 62.0 Å². The van der Waals surface area contributed by atoms with Gasteiger partial charge >= 0.3 is 12.1 Å². The Balaban J connectivity index is 1.95. The first-order valence-electron chi connectivity index (χ1n) is 13.4. The monoisotopic (exact) mass is 645 g/mol. The number of ether oxygens (including phenoxy) is 1. The summed E-state index contributed by atoms with van der Waals surface area (Å²) in [5, 5.41) is 16.0. The van der Waals surface area contributed by atoms with Crippen LogP contribution in [-0.2, 0) is 23.3 Å². The highest BCUT2D eigenvalue weighted by Gasteiger charge is 2.50. The Morgan fingerprint density at radius 1 is 1.23 bits per heavy atom. The van der Waals surface area contributed by atoms with Crippen LogP contribution in [0.3, 0.4) is 0 Å². The van der Waals surface area contributed by atoms with E-state index in [4.69, 9.17) is 27.9 Å². The Morgan fingerprint density at radius 3 is 2.51 bits per heavy atom. The lowest BCUT2D eigenvalue weighted by Gasteiger charge is -2.40. The number of pyridine rings is 1. The van der Waals surface area contributed by atoms with E-state index in [2.05, 4.69) is 10.6 Å². The molecule has 232 valence electrons. The second-order valence-corrected chi connectivity index (χ2v) is 11.2. The van der Waals surface area contributed by atoms with Crippen LogP contribution >= 0.6 is 23.2 Å². The van der Waals surface area contributed by atoms with Gasteiger partial charge in [0.2, 0.25) is 5.43 Å². The molecule has 2 atom stereocenters. The molecule has 1 fully saturated rings. The largest absolute Gasteiger partial charge is 0.494 e. The van der Waals surface area contributed by atoms with Crippen LogP contribution < -0.4 is 20.8 Å².